The molecule has 0 bridgehead atoms. The second kappa shape index (κ2) is 10.4. The summed E-state index contributed by atoms with van der Waals surface area (Å²) in [4.78, 5) is 17.8. The van der Waals surface area contributed by atoms with Gasteiger partial charge >= 0.3 is 0 Å². The van der Waals surface area contributed by atoms with Gasteiger partial charge in [-0.05, 0) is 49.3 Å². The third-order valence-corrected chi connectivity index (χ3v) is 6.59. The van der Waals surface area contributed by atoms with Crippen LogP contribution >= 0.6 is 0 Å². The topological polar surface area (TPSA) is 67.2 Å². The van der Waals surface area contributed by atoms with E-state index in [0.717, 1.165) is 42.6 Å². The van der Waals surface area contributed by atoms with Gasteiger partial charge in [0.25, 0.3) is 5.91 Å². The van der Waals surface area contributed by atoms with Crippen LogP contribution in [0.5, 0.6) is 0 Å². The van der Waals surface area contributed by atoms with Crippen LogP contribution in [0.2, 0.25) is 0 Å². The molecule has 2 N–H and O–H groups in total. The number of nitrogens with one attached hydrogen (secondary N) is 1. The van der Waals surface area contributed by atoms with E-state index in [4.69, 9.17) is 4.98 Å². The van der Waals surface area contributed by atoms with E-state index in [2.05, 4.69) is 43.6 Å². The Labute approximate surface area is 181 Å². The fourth-order valence-corrected chi connectivity index (χ4v) is 4.98. The monoisotopic (exact) mass is 413 g/mol. The van der Waals surface area contributed by atoms with Crippen molar-refractivity contribution >= 4 is 16.9 Å². The van der Waals surface area contributed by atoms with Crippen LogP contribution in [-0.4, -0.2) is 33.2 Å². The zero-order valence-corrected chi connectivity index (χ0v) is 19.2. The van der Waals surface area contributed by atoms with Crippen molar-refractivity contribution in [2.24, 2.45) is 11.8 Å². The molecule has 30 heavy (non-hydrogen) atoms. The number of nitrogens with zero attached hydrogens (tertiary/aromatic N) is 2. The molecule has 1 amide bonds. The van der Waals surface area contributed by atoms with Crippen LogP contribution in [0.25, 0.3) is 11.0 Å². The quantitative estimate of drug-likeness (QED) is 0.558. The standard InChI is InChI=1S/C25H39N3O2/c1-5-21(6-2)28-23-12-11-19(25(30)26-20(16-29)13-17(3)4)15-22(23)27-24(28)14-18-9-7-8-10-18/h11-12,15,17-18,20-21,29H,5-10,13-14,16H2,1-4H3,(H,26,30)/t20-/m0/s1. The molecule has 0 saturated heterocycles. The number of hydrogen-bond donors (Lipinski definition) is 2. The summed E-state index contributed by atoms with van der Waals surface area (Å²) in [7, 11) is 0. The molecule has 1 saturated carbocycles. The highest BCUT2D eigenvalue weighted by Crippen LogP contribution is 2.32. The van der Waals surface area contributed by atoms with E-state index < -0.39 is 0 Å². The van der Waals surface area contributed by atoms with Gasteiger partial charge in [-0.15, -0.1) is 0 Å². The van der Waals surface area contributed by atoms with Gasteiger partial charge in [0.15, 0.2) is 0 Å². The Balaban J connectivity index is 1.90. The van der Waals surface area contributed by atoms with Crippen molar-refractivity contribution in [2.75, 3.05) is 6.61 Å². The molecule has 0 radical (unpaired) electrons. The fraction of sp³-hybridized carbons (Fsp3) is 0.680. The van der Waals surface area contributed by atoms with E-state index in [1.54, 1.807) is 0 Å². The van der Waals surface area contributed by atoms with Gasteiger partial charge in [-0.3, -0.25) is 4.79 Å². The number of hydrogen-bond acceptors (Lipinski definition) is 3. The molecule has 1 heterocycles. The van der Waals surface area contributed by atoms with E-state index in [1.165, 1.54) is 31.5 Å². The number of benzene rings is 1. The second-order valence-electron chi connectivity index (χ2n) is 9.41. The Morgan fingerprint density at radius 3 is 2.53 bits per heavy atom. The number of aliphatic hydroxyl groups excluding tert-OH is 1. The number of fused-ring (bicyclic) bond motifs is 1. The normalized spacial score (nSPS) is 16.1. The van der Waals surface area contributed by atoms with E-state index in [-0.39, 0.29) is 18.6 Å². The maximum Gasteiger partial charge on any atom is 0.251 e. The van der Waals surface area contributed by atoms with E-state index in [0.29, 0.717) is 17.5 Å². The lowest BCUT2D eigenvalue weighted by atomic mass is 10.0. The lowest BCUT2D eigenvalue weighted by molar-refractivity contribution is 0.0908. The van der Waals surface area contributed by atoms with Crippen LogP contribution in [0.15, 0.2) is 18.2 Å². The molecule has 0 unspecified atom stereocenters. The molecule has 3 rings (SSSR count). The maximum atomic E-state index is 12.8. The minimum atomic E-state index is -0.215. The number of aromatic nitrogens is 2. The Kier molecular flexibility index (Phi) is 7.93. The first-order valence-corrected chi connectivity index (χ1v) is 11.9. The third kappa shape index (κ3) is 5.23. The van der Waals surface area contributed by atoms with Crippen LogP contribution in [-0.2, 0) is 6.42 Å². The van der Waals surface area contributed by atoms with Gasteiger partial charge in [0.1, 0.15) is 5.82 Å². The highest BCUT2D eigenvalue weighted by atomic mass is 16.3. The van der Waals surface area contributed by atoms with Crippen molar-refractivity contribution in [2.45, 2.75) is 91.1 Å². The molecule has 5 heteroatoms. The predicted molar refractivity (Wildman–Crippen MR) is 123 cm³/mol. The average Bonchev–Trinajstić information content (AvgIpc) is 3.36. The van der Waals surface area contributed by atoms with Crippen molar-refractivity contribution in [1.82, 2.24) is 14.9 Å². The Bertz CT molecular complexity index is 832. The fourth-order valence-electron chi connectivity index (χ4n) is 4.98. The molecule has 1 atom stereocenters. The van der Waals surface area contributed by atoms with E-state index >= 15 is 0 Å². The zero-order valence-electron chi connectivity index (χ0n) is 19.2. The molecule has 5 nitrogen and oxygen atoms in total. The molecule has 2 aromatic rings. The molecule has 0 aliphatic heterocycles. The van der Waals surface area contributed by atoms with Crippen molar-refractivity contribution in [1.29, 1.82) is 0 Å². The summed E-state index contributed by atoms with van der Waals surface area (Å²) in [6.45, 7) is 8.63. The zero-order chi connectivity index (χ0) is 21.7. The summed E-state index contributed by atoms with van der Waals surface area (Å²) in [5, 5.41) is 12.6. The number of amides is 1. The molecule has 1 aliphatic carbocycles. The van der Waals surface area contributed by atoms with Crippen molar-refractivity contribution in [3.8, 4) is 0 Å². The summed E-state index contributed by atoms with van der Waals surface area (Å²) >= 11 is 0. The average molecular weight is 414 g/mol. The van der Waals surface area contributed by atoms with E-state index in [9.17, 15) is 9.90 Å². The smallest absolute Gasteiger partial charge is 0.251 e. The summed E-state index contributed by atoms with van der Waals surface area (Å²) < 4.78 is 2.44. The Morgan fingerprint density at radius 2 is 1.93 bits per heavy atom. The number of carbonyl (C=O) groups excluding carboxylic acids is 1. The van der Waals surface area contributed by atoms with Crippen molar-refractivity contribution in [3.05, 3.63) is 29.6 Å². The first kappa shape index (κ1) is 22.8. The summed E-state index contributed by atoms with van der Waals surface area (Å²) in [6.07, 6.45) is 9.24. The van der Waals surface area contributed by atoms with Gasteiger partial charge in [-0.25, -0.2) is 4.98 Å². The summed E-state index contributed by atoms with van der Waals surface area (Å²) in [5.41, 5.74) is 2.66. The largest absolute Gasteiger partial charge is 0.394 e. The minimum absolute atomic E-state index is 0.0407. The maximum absolute atomic E-state index is 12.8. The third-order valence-electron chi connectivity index (χ3n) is 6.59. The van der Waals surface area contributed by atoms with Gasteiger partial charge in [-0.1, -0.05) is 53.4 Å². The molecule has 1 fully saturated rings. The van der Waals surface area contributed by atoms with Gasteiger partial charge in [0.2, 0.25) is 0 Å². The Morgan fingerprint density at radius 1 is 1.23 bits per heavy atom. The molecular weight excluding hydrogens is 374 g/mol. The lowest BCUT2D eigenvalue weighted by Crippen LogP contribution is -2.38. The molecule has 166 valence electrons. The van der Waals surface area contributed by atoms with Crippen LogP contribution in [0.4, 0.5) is 0 Å². The van der Waals surface area contributed by atoms with Crippen molar-refractivity contribution in [3.63, 3.8) is 0 Å². The van der Waals surface area contributed by atoms with Crippen LogP contribution < -0.4 is 5.32 Å². The molecule has 0 spiro atoms. The predicted octanol–water partition coefficient (Wildman–Crippen LogP) is 5.27. The van der Waals surface area contributed by atoms with Crippen LogP contribution in [0.1, 0.15) is 94.9 Å². The van der Waals surface area contributed by atoms with E-state index in [1.807, 2.05) is 12.1 Å². The van der Waals surface area contributed by atoms with Crippen molar-refractivity contribution < 1.29 is 9.90 Å². The number of imidazole rings is 1. The molecule has 1 aromatic carbocycles. The molecular formula is C25H39N3O2. The Hall–Kier alpha value is -1.88. The summed E-state index contributed by atoms with van der Waals surface area (Å²) in [5.74, 6) is 2.19. The van der Waals surface area contributed by atoms with Gasteiger partial charge in [-0.2, -0.15) is 0 Å². The first-order valence-electron chi connectivity index (χ1n) is 11.9. The molecule has 1 aromatic heterocycles. The first-order chi connectivity index (χ1) is 14.5. The number of carbonyl (C=O) groups is 1. The highest BCUT2D eigenvalue weighted by Gasteiger charge is 2.23. The summed E-state index contributed by atoms with van der Waals surface area (Å²) in [6, 6.07) is 6.11. The number of rotatable bonds is 10. The second-order valence-corrected chi connectivity index (χ2v) is 9.41. The highest BCUT2D eigenvalue weighted by molar-refractivity contribution is 5.97. The van der Waals surface area contributed by atoms with Gasteiger partial charge < -0.3 is 15.0 Å². The molecule has 1 aliphatic rings. The minimum Gasteiger partial charge on any atom is -0.394 e. The van der Waals surface area contributed by atoms with Gasteiger partial charge in [0.05, 0.1) is 23.7 Å². The lowest BCUT2D eigenvalue weighted by Gasteiger charge is -2.20. The SMILES string of the molecule is CCC(CC)n1c(CC2CCCC2)nc2cc(C(=O)N[C@H](CO)CC(C)C)ccc21. The van der Waals surface area contributed by atoms with Gasteiger partial charge in [0, 0.05) is 18.0 Å². The van der Waals surface area contributed by atoms with Crippen LogP contribution in [0, 0.1) is 11.8 Å². The van der Waals surface area contributed by atoms with Crippen LogP contribution in [0.3, 0.4) is 0 Å². The number of aliphatic hydroxyl groups is 1.